The van der Waals surface area contributed by atoms with Gasteiger partial charge in [0, 0.05) is 18.1 Å². The van der Waals surface area contributed by atoms with Crippen molar-refractivity contribution in [2.24, 2.45) is 39.7 Å². The third-order valence-corrected chi connectivity index (χ3v) is 11.5. The minimum absolute atomic E-state index is 0.00952. The molecule has 5 rings (SSSR count). The number of oxime groups is 1. The number of amides is 1. The van der Waals surface area contributed by atoms with Crippen LogP contribution < -0.4 is 5.32 Å². The number of ether oxygens (including phenoxy) is 1. The Morgan fingerprint density at radius 1 is 1.12 bits per heavy atom. The lowest BCUT2D eigenvalue weighted by atomic mass is 9.47. The average Bonchev–Trinajstić information content (AvgIpc) is 3.11. The first-order valence-corrected chi connectivity index (χ1v) is 15.2. The molecule has 0 aromatic heterocycles. The number of carboxylic acid groups (broad SMARTS) is 1. The van der Waals surface area contributed by atoms with Crippen molar-refractivity contribution in [3.8, 4) is 0 Å². The number of nitrogens with zero attached hydrogens (tertiary/aromatic N) is 1. The highest BCUT2D eigenvalue weighted by Crippen LogP contribution is 2.66. The fourth-order valence-electron chi connectivity index (χ4n) is 9.07. The lowest BCUT2D eigenvalue weighted by Gasteiger charge is -2.58. The van der Waals surface area contributed by atoms with E-state index in [0.29, 0.717) is 42.9 Å². The SMILES string of the molecule is CC1(C)C[C@H]([C@@H](CC(=O)O)NC(=O)CO/N=C2\C=C[C@@]3(C)C(=C2)CC[C@@H]2[C@H]4CC[C@](C)(O)[C@@]4(C)CC[C@@H]23)CCO1. The quantitative estimate of drug-likeness (QED) is 0.380. The number of rotatable bonds is 7. The van der Waals surface area contributed by atoms with Crippen LogP contribution >= 0.6 is 0 Å². The van der Waals surface area contributed by atoms with Crippen LogP contribution in [0.25, 0.3) is 0 Å². The van der Waals surface area contributed by atoms with Crippen LogP contribution in [0.2, 0.25) is 0 Å². The first-order chi connectivity index (χ1) is 18.7. The number of hydrogen-bond donors (Lipinski definition) is 3. The predicted octanol–water partition coefficient (Wildman–Crippen LogP) is 5.01. The van der Waals surface area contributed by atoms with Crippen LogP contribution in [-0.4, -0.2) is 58.3 Å². The maximum atomic E-state index is 12.7. The molecule has 5 aliphatic rings. The number of nitrogens with one attached hydrogen (secondary N) is 1. The Balaban J connectivity index is 1.19. The summed E-state index contributed by atoms with van der Waals surface area (Å²) < 4.78 is 5.77. The maximum absolute atomic E-state index is 12.7. The maximum Gasteiger partial charge on any atom is 0.305 e. The second kappa shape index (κ2) is 10.6. The molecule has 222 valence electrons. The van der Waals surface area contributed by atoms with Crippen LogP contribution in [0.3, 0.4) is 0 Å². The molecule has 0 aromatic rings. The van der Waals surface area contributed by atoms with Crippen LogP contribution in [0.15, 0.2) is 29.0 Å². The number of fused-ring (bicyclic) bond motifs is 5. The van der Waals surface area contributed by atoms with Gasteiger partial charge in [0.25, 0.3) is 5.91 Å². The van der Waals surface area contributed by atoms with Crippen molar-refractivity contribution in [3.05, 3.63) is 23.8 Å². The lowest BCUT2D eigenvalue weighted by Crippen LogP contribution is -2.53. The van der Waals surface area contributed by atoms with E-state index >= 15 is 0 Å². The summed E-state index contributed by atoms with van der Waals surface area (Å²) in [5, 5.41) is 27.7. The van der Waals surface area contributed by atoms with Crippen molar-refractivity contribution in [3.63, 3.8) is 0 Å². The Bertz CT molecular complexity index is 1110. The molecule has 4 aliphatic carbocycles. The summed E-state index contributed by atoms with van der Waals surface area (Å²) in [6.45, 7) is 11.0. The lowest BCUT2D eigenvalue weighted by molar-refractivity contribution is -0.139. The minimum Gasteiger partial charge on any atom is -0.481 e. The zero-order valence-corrected chi connectivity index (χ0v) is 24.9. The smallest absolute Gasteiger partial charge is 0.305 e. The molecule has 8 atom stereocenters. The molecule has 3 saturated carbocycles. The molecular formula is C32H48N2O6. The van der Waals surface area contributed by atoms with E-state index in [4.69, 9.17) is 9.57 Å². The highest BCUT2D eigenvalue weighted by Gasteiger charge is 2.62. The first-order valence-electron chi connectivity index (χ1n) is 15.2. The normalized spacial score (nSPS) is 41.8. The van der Waals surface area contributed by atoms with Gasteiger partial charge in [-0.2, -0.15) is 0 Å². The monoisotopic (exact) mass is 556 g/mol. The Morgan fingerprint density at radius 2 is 1.88 bits per heavy atom. The summed E-state index contributed by atoms with van der Waals surface area (Å²) in [6, 6.07) is -0.474. The Kier molecular flexibility index (Phi) is 7.75. The molecule has 4 fully saturated rings. The van der Waals surface area contributed by atoms with E-state index in [9.17, 15) is 19.8 Å². The molecule has 40 heavy (non-hydrogen) atoms. The molecule has 1 amide bonds. The van der Waals surface area contributed by atoms with Gasteiger partial charge in [0.2, 0.25) is 0 Å². The van der Waals surface area contributed by atoms with Gasteiger partial charge in [-0.1, -0.05) is 30.7 Å². The van der Waals surface area contributed by atoms with E-state index in [0.717, 1.165) is 38.5 Å². The standard InChI is InChI=1S/C32H48N2O6/c1-29(2)18-20(11-15-39-29)26(17-28(36)37)33-27(35)19-40-34-22-8-12-30(3)21(16-22)6-7-23-24(30)9-13-31(4)25(23)10-14-32(31,5)38/h8,12,16,20,23-26,38H,6-7,9-11,13-15,17-19H2,1-5H3,(H,33,35)(H,36,37)/b34-22+/t20-,23+,24+,25-,26-,30+,31+,32+/m1/s1. The van der Waals surface area contributed by atoms with Crippen molar-refractivity contribution >= 4 is 17.6 Å². The Hall–Kier alpha value is -2.19. The summed E-state index contributed by atoms with van der Waals surface area (Å²) in [5.74, 6) is 0.483. The zero-order valence-electron chi connectivity index (χ0n) is 24.9. The van der Waals surface area contributed by atoms with Gasteiger partial charge in [-0.05, 0) is 113 Å². The van der Waals surface area contributed by atoms with Crippen LogP contribution in [0.5, 0.6) is 0 Å². The summed E-state index contributed by atoms with van der Waals surface area (Å²) in [6.07, 6.45) is 14.0. The third kappa shape index (κ3) is 5.38. The van der Waals surface area contributed by atoms with Crippen LogP contribution in [0.4, 0.5) is 0 Å². The highest BCUT2D eigenvalue weighted by molar-refractivity contribution is 6.05. The van der Waals surface area contributed by atoms with E-state index in [1.54, 1.807) is 0 Å². The van der Waals surface area contributed by atoms with Gasteiger partial charge in [-0.15, -0.1) is 0 Å². The molecule has 0 radical (unpaired) electrons. The molecule has 1 heterocycles. The van der Waals surface area contributed by atoms with Gasteiger partial charge in [0.15, 0.2) is 6.61 Å². The van der Waals surface area contributed by atoms with Gasteiger partial charge in [-0.3, -0.25) is 9.59 Å². The topological polar surface area (TPSA) is 117 Å². The van der Waals surface area contributed by atoms with Crippen molar-refractivity contribution in [1.29, 1.82) is 0 Å². The number of aliphatic carboxylic acids is 1. The van der Waals surface area contributed by atoms with E-state index in [1.807, 2.05) is 26.8 Å². The van der Waals surface area contributed by atoms with E-state index in [-0.39, 0.29) is 41.3 Å². The summed E-state index contributed by atoms with van der Waals surface area (Å²) in [7, 11) is 0. The Labute approximate surface area is 238 Å². The molecule has 3 N–H and O–H groups in total. The van der Waals surface area contributed by atoms with E-state index in [2.05, 4.69) is 36.5 Å². The highest BCUT2D eigenvalue weighted by atomic mass is 16.6. The van der Waals surface area contributed by atoms with Gasteiger partial charge in [0.05, 0.1) is 17.6 Å². The van der Waals surface area contributed by atoms with Crippen molar-refractivity contribution in [1.82, 2.24) is 5.32 Å². The largest absolute Gasteiger partial charge is 0.481 e. The summed E-state index contributed by atoms with van der Waals surface area (Å²) >= 11 is 0. The molecule has 0 aromatic carbocycles. The fourth-order valence-corrected chi connectivity index (χ4v) is 9.07. The molecule has 1 aliphatic heterocycles. The molecule has 1 saturated heterocycles. The number of hydrogen-bond acceptors (Lipinski definition) is 6. The summed E-state index contributed by atoms with van der Waals surface area (Å²) in [5.41, 5.74) is 1.17. The molecule has 8 heteroatoms. The van der Waals surface area contributed by atoms with Crippen molar-refractivity contribution < 1.29 is 29.4 Å². The first kappa shape index (κ1) is 29.3. The van der Waals surface area contributed by atoms with Crippen molar-refractivity contribution in [2.75, 3.05) is 13.2 Å². The molecular weight excluding hydrogens is 508 g/mol. The number of carbonyl (C=O) groups is 2. The average molecular weight is 557 g/mol. The number of allylic oxidation sites excluding steroid dienone is 4. The second-order valence-corrected chi connectivity index (χ2v) is 14.4. The minimum atomic E-state index is -0.937. The Morgan fingerprint density at radius 3 is 2.60 bits per heavy atom. The van der Waals surface area contributed by atoms with Crippen LogP contribution in [0.1, 0.15) is 92.4 Å². The van der Waals surface area contributed by atoms with Crippen LogP contribution in [0, 0.1) is 34.5 Å². The second-order valence-electron chi connectivity index (χ2n) is 14.4. The number of carboxylic acids is 1. The van der Waals surface area contributed by atoms with Gasteiger partial charge in [0.1, 0.15) is 5.71 Å². The number of carbonyl (C=O) groups excluding carboxylic acids is 1. The van der Waals surface area contributed by atoms with Crippen LogP contribution in [-0.2, 0) is 19.2 Å². The molecule has 0 unspecified atom stereocenters. The molecule has 0 spiro atoms. The summed E-state index contributed by atoms with van der Waals surface area (Å²) in [4.78, 5) is 29.6. The predicted molar refractivity (Wildman–Crippen MR) is 153 cm³/mol. The number of aliphatic hydroxyl groups is 1. The van der Waals surface area contributed by atoms with Gasteiger partial charge in [-0.25, -0.2) is 0 Å². The van der Waals surface area contributed by atoms with Crippen molar-refractivity contribution in [2.45, 2.75) is 110 Å². The zero-order chi connectivity index (χ0) is 28.9. The third-order valence-electron chi connectivity index (χ3n) is 11.5. The molecule has 8 nitrogen and oxygen atoms in total. The van der Waals surface area contributed by atoms with Gasteiger partial charge < -0.3 is 25.1 Å². The molecule has 0 bridgehead atoms. The van der Waals surface area contributed by atoms with E-state index < -0.39 is 17.6 Å². The fraction of sp³-hybridized carbons (Fsp3) is 0.781. The van der Waals surface area contributed by atoms with Gasteiger partial charge >= 0.3 is 5.97 Å². The van der Waals surface area contributed by atoms with E-state index in [1.165, 1.54) is 5.57 Å².